The van der Waals surface area contributed by atoms with Crippen molar-refractivity contribution < 1.29 is 4.79 Å². The third-order valence-corrected chi connectivity index (χ3v) is 6.58. The molecule has 0 saturated heterocycles. The molecule has 200 valence electrons. The summed E-state index contributed by atoms with van der Waals surface area (Å²) in [5, 5.41) is 6.68. The number of rotatable bonds is 11. The summed E-state index contributed by atoms with van der Waals surface area (Å²) < 4.78 is 0. The molecule has 8 heteroatoms. The van der Waals surface area contributed by atoms with E-state index in [2.05, 4.69) is 77.7 Å². The van der Waals surface area contributed by atoms with E-state index >= 15 is 0 Å². The molecule has 1 heterocycles. The number of allylic oxidation sites excluding steroid dienone is 2. The van der Waals surface area contributed by atoms with Crippen molar-refractivity contribution in [2.24, 2.45) is 10.7 Å². The van der Waals surface area contributed by atoms with Crippen LogP contribution in [0.1, 0.15) is 27.2 Å². The minimum Gasteiger partial charge on any atom is -0.397 e. The van der Waals surface area contributed by atoms with Gasteiger partial charge in [-0.05, 0) is 81.8 Å². The molecular weight excluding hydrogens is 474 g/mol. The van der Waals surface area contributed by atoms with Crippen molar-refractivity contribution in [3.8, 4) is 0 Å². The Hall–Kier alpha value is -4.20. The number of benzene rings is 2. The molecule has 4 N–H and O–H groups in total. The van der Waals surface area contributed by atoms with Crippen molar-refractivity contribution in [2.45, 2.75) is 33.2 Å². The average molecular weight is 514 g/mol. The normalized spacial score (nSPS) is 16.2. The fraction of sp³-hybridized carbons (Fsp3) is 0.333. The van der Waals surface area contributed by atoms with Crippen molar-refractivity contribution in [1.29, 1.82) is 0 Å². The molecule has 0 amide bonds. The van der Waals surface area contributed by atoms with Gasteiger partial charge in [-0.2, -0.15) is 0 Å². The van der Waals surface area contributed by atoms with Gasteiger partial charge in [0, 0.05) is 68.3 Å². The maximum Gasteiger partial charge on any atom is 0.204 e. The van der Waals surface area contributed by atoms with Gasteiger partial charge in [-0.15, -0.1) is 0 Å². The first-order valence-electron chi connectivity index (χ1n) is 13.2. The van der Waals surface area contributed by atoms with Gasteiger partial charge in [-0.25, -0.2) is 4.99 Å². The van der Waals surface area contributed by atoms with Crippen molar-refractivity contribution in [2.75, 3.05) is 48.9 Å². The van der Waals surface area contributed by atoms with Crippen molar-refractivity contribution in [3.63, 3.8) is 0 Å². The second-order valence-corrected chi connectivity index (χ2v) is 9.91. The first kappa shape index (κ1) is 26.9. The van der Waals surface area contributed by atoms with Crippen LogP contribution in [-0.2, 0) is 4.79 Å². The second kappa shape index (κ2) is 12.4. The topological polar surface area (TPSA) is 89.2 Å². The summed E-state index contributed by atoms with van der Waals surface area (Å²) >= 11 is 0. The fourth-order valence-corrected chi connectivity index (χ4v) is 4.56. The highest BCUT2D eigenvalue weighted by Gasteiger charge is 2.18. The van der Waals surface area contributed by atoms with Crippen molar-refractivity contribution >= 4 is 34.2 Å². The predicted octanol–water partition coefficient (Wildman–Crippen LogP) is 4.89. The Bertz CT molecular complexity index is 1230. The molecule has 1 aliphatic carbocycles. The van der Waals surface area contributed by atoms with Gasteiger partial charge in [0.15, 0.2) is 0 Å². The van der Waals surface area contributed by atoms with E-state index in [4.69, 9.17) is 10.7 Å². The van der Waals surface area contributed by atoms with Gasteiger partial charge in [0.25, 0.3) is 0 Å². The van der Waals surface area contributed by atoms with Crippen molar-refractivity contribution in [3.05, 3.63) is 84.5 Å². The summed E-state index contributed by atoms with van der Waals surface area (Å²) in [6.07, 6.45) is 8.41. The molecule has 0 unspecified atom stereocenters. The maximum atomic E-state index is 12.6. The van der Waals surface area contributed by atoms with E-state index in [1.165, 1.54) is 6.08 Å². The summed E-state index contributed by atoms with van der Waals surface area (Å²) in [7, 11) is 2.08. The molecule has 1 aliphatic heterocycles. The van der Waals surface area contributed by atoms with Gasteiger partial charge in [-0.3, -0.25) is 4.79 Å². The first-order chi connectivity index (χ1) is 18.3. The zero-order valence-corrected chi connectivity index (χ0v) is 22.8. The van der Waals surface area contributed by atoms with E-state index < -0.39 is 0 Å². The number of anilines is 3. The van der Waals surface area contributed by atoms with Crippen molar-refractivity contribution in [1.82, 2.24) is 9.80 Å². The summed E-state index contributed by atoms with van der Waals surface area (Å²) in [4.78, 5) is 24.1. The number of hydrogen-bond acceptors (Lipinski definition) is 8. The Kier molecular flexibility index (Phi) is 8.73. The smallest absolute Gasteiger partial charge is 0.204 e. The monoisotopic (exact) mass is 513 g/mol. The summed E-state index contributed by atoms with van der Waals surface area (Å²) in [6.45, 7) is 10.3. The Morgan fingerprint density at radius 2 is 1.74 bits per heavy atom. The molecule has 0 bridgehead atoms. The summed E-state index contributed by atoms with van der Waals surface area (Å²) in [5.41, 5.74) is 11.3. The molecule has 0 saturated carbocycles. The largest absolute Gasteiger partial charge is 0.397 e. The molecule has 2 aromatic carbocycles. The van der Waals surface area contributed by atoms with Crippen LogP contribution in [0.5, 0.6) is 0 Å². The number of carbonyl (C=O) groups is 1. The molecule has 0 radical (unpaired) electrons. The van der Waals surface area contributed by atoms with Crippen LogP contribution in [0.25, 0.3) is 0 Å². The number of aliphatic imine (C=N–C) groups is 1. The molecule has 0 fully saturated rings. The lowest BCUT2D eigenvalue weighted by Gasteiger charge is -2.27. The molecule has 0 atom stereocenters. The van der Waals surface area contributed by atoms with E-state index in [9.17, 15) is 4.79 Å². The Balaban J connectivity index is 1.36. The third-order valence-electron chi connectivity index (χ3n) is 6.58. The Morgan fingerprint density at radius 1 is 1.03 bits per heavy atom. The number of nitrogens with one attached hydrogen (secondary N) is 2. The molecule has 0 aromatic heterocycles. The minimum absolute atomic E-state index is 0.170. The third kappa shape index (κ3) is 6.97. The van der Waals surface area contributed by atoms with Crippen LogP contribution in [-0.4, -0.2) is 60.7 Å². The highest BCUT2D eigenvalue weighted by molar-refractivity contribution is 6.23. The SMILES string of the molecule is CCN(c1ccc(N=C2C=C(Nc3ccc(NCCCN4C=CN(C)C4)cc3)C(=O)C=C2N)cc1)C(C)C. The van der Waals surface area contributed by atoms with Crippen LogP contribution < -0.4 is 21.3 Å². The van der Waals surface area contributed by atoms with Gasteiger partial charge in [-0.1, -0.05) is 0 Å². The zero-order valence-electron chi connectivity index (χ0n) is 22.8. The number of carbonyl (C=O) groups excluding carboxylic acids is 1. The van der Waals surface area contributed by atoms with Crippen LogP contribution in [0.3, 0.4) is 0 Å². The van der Waals surface area contributed by atoms with Gasteiger partial charge in [0.05, 0.1) is 29.5 Å². The Morgan fingerprint density at radius 3 is 2.37 bits per heavy atom. The standard InChI is InChI=1S/C30H39N7O/c1-5-37(22(2)3)26-13-11-25(12-14-26)33-28-20-29(30(38)19-27(28)31)34-24-9-7-23(8-10-24)32-15-6-16-36-18-17-35(4)21-36/h7-14,17-20,22,32,34H,5-6,15-16,21,31H2,1-4H3. The quantitative estimate of drug-likeness (QED) is 0.291. The number of nitrogens with two attached hydrogens (primary N) is 1. The molecule has 8 nitrogen and oxygen atoms in total. The van der Waals surface area contributed by atoms with E-state index in [-0.39, 0.29) is 5.78 Å². The fourth-order valence-electron chi connectivity index (χ4n) is 4.56. The maximum absolute atomic E-state index is 12.6. The lowest BCUT2D eigenvalue weighted by molar-refractivity contribution is -0.111. The van der Waals surface area contributed by atoms with E-state index in [0.717, 1.165) is 55.5 Å². The lowest BCUT2D eigenvalue weighted by atomic mass is 10.1. The van der Waals surface area contributed by atoms with E-state index in [1.807, 2.05) is 36.4 Å². The first-order valence-corrected chi connectivity index (χ1v) is 13.2. The predicted molar refractivity (Wildman–Crippen MR) is 159 cm³/mol. The molecular formula is C30H39N7O. The lowest BCUT2D eigenvalue weighted by Crippen LogP contribution is -2.30. The second-order valence-electron chi connectivity index (χ2n) is 9.91. The zero-order chi connectivity index (χ0) is 27.1. The number of hydrogen-bond donors (Lipinski definition) is 3. The number of ketones is 1. The van der Waals surface area contributed by atoms with E-state index in [1.54, 1.807) is 6.08 Å². The molecule has 0 spiro atoms. The summed E-state index contributed by atoms with van der Waals surface area (Å²) in [6, 6.07) is 16.4. The minimum atomic E-state index is -0.170. The van der Waals surface area contributed by atoms with E-state index in [0.29, 0.717) is 23.1 Å². The molecule has 2 aliphatic rings. The van der Waals surface area contributed by atoms with Crippen LogP contribution in [0, 0.1) is 0 Å². The molecule has 4 rings (SSSR count). The highest BCUT2D eigenvalue weighted by Crippen LogP contribution is 2.24. The van der Waals surface area contributed by atoms with Gasteiger partial charge in [0.1, 0.15) is 0 Å². The van der Waals surface area contributed by atoms with Gasteiger partial charge < -0.3 is 31.1 Å². The highest BCUT2D eigenvalue weighted by atomic mass is 16.1. The van der Waals surface area contributed by atoms with Crippen LogP contribution in [0.2, 0.25) is 0 Å². The van der Waals surface area contributed by atoms with Crippen LogP contribution in [0.4, 0.5) is 22.7 Å². The van der Waals surface area contributed by atoms with Gasteiger partial charge >= 0.3 is 0 Å². The Labute approximate surface area is 226 Å². The summed E-state index contributed by atoms with van der Waals surface area (Å²) in [5.74, 6) is -0.170. The average Bonchev–Trinajstić information content (AvgIpc) is 3.31. The van der Waals surface area contributed by atoms with Gasteiger partial charge in [0.2, 0.25) is 5.78 Å². The molecule has 2 aromatic rings. The molecule has 38 heavy (non-hydrogen) atoms. The van der Waals surface area contributed by atoms with Crippen LogP contribution >= 0.6 is 0 Å². The van der Waals surface area contributed by atoms with Crippen LogP contribution in [0.15, 0.2) is 89.5 Å². The number of nitrogens with zero attached hydrogens (tertiary/aromatic N) is 4.